The summed E-state index contributed by atoms with van der Waals surface area (Å²) in [5, 5.41) is 98.3. The average Bonchev–Trinajstić information content (AvgIpc) is 3.08. The number of hydrogen-bond donors (Lipinski definition) is 10. The number of aliphatic carboxylic acids is 1. The molecule has 0 radical (unpaired) electrons. The predicted molar refractivity (Wildman–Crippen MR) is 169 cm³/mol. The van der Waals surface area contributed by atoms with E-state index in [1.165, 1.54) is 33.1 Å². The maximum atomic E-state index is 13.9. The van der Waals surface area contributed by atoms with Gasteiger partial charge in [-0.2, -0.15) is 0 Å². The molecule has 3 aromatic carbocycles. The summed E-state index contributed by atoms with van der Waals surface area (Å²) in [6.07, 6.45) is -11.5. The molecule has 1 saturated heterocycles. The predicted octanol–water partition coefficient (Wildman–Crippen LogP) is -0.330. The van der Waals surface area contributed by atoms with Crippen LogP contribution in [0.4, 0.5) is 0 Å². The van der Waals surface area contributed by atoms with Gasteiger partial charge in [-0.15, -0.1) is 0 Å². The van der Waals surface area contributed by atoms with E-state index < -0.39 is 130 Å². The number of phenols is 3. The molecule has 10 N–H and O–H groups in total. The fourth-order valence-corrected chi connectivity index (χ4v) is 6.77. The molecule has 1 aliphatic heterocycles. The summed E-state index contributed by atoms with van der Waals surface area (Å²) in [4.78, 5) is 52.6. The fourth-order valence-electron chi connectivity index (χ4n) is 6.77. The highest BCUT2D eigenvalue weighted by atomic mass is 16.7. The number of carbonyl (C=O) groups is 4. The SMILES string of the molecule is COc1cc(O)c2c(c1)C(=O)c1c(cc3c(c1O)-c1c(cc(C)c(C(=O)NC(CO)C(=O)O)c1O)C(OC1OC(C)C(O)C(O)C1O)C3O)C2=O. The van der Waals surface area contributed by atoms with Gasteiger partial charge in [-0.25, -0.2) is 4.79 Å². The third-order valence-electron chi connectivity index (χ3n) is 9.39. The molecule has 0 bridgehead atoms. The van der Waals surface area contributed by atoms with Crippen LogP contribution in [0.5, 0.6) is 23.0 Å². The molecule has 6 rings (SSSR count). The first-order valence-corrected chi connectivity index (χ1v) is 15.5. The quantitative estimate of drug-likeness (QED) is 0.117. The highest BCUT2D eigenvalue weighted by Gasteiger charge is 2.48. The minimum Gasteiger partial charge on any atom is -0.507 e. The van der Waals surface area contributed by atoms with Crippen LogP contribution in [0.3, 0.4) is 0 Å². The van der Waals surface area contributed by atoms with Crippen LogP contribution in [0.25, 0.3) is 11.1 Å². The lowest BCUT2D eigenvalue weighted by Crippen LogP contribution is -2.57. The van der Waals surface area contributed by atoms with Crippen LogP contribution in [0.1, 0.15) is 78.0 Å². The molecule has 0 saturated carbocycles. The lowest BCUT2D eigenvalue weighted by Gasteiger charge is -2.42. The normalized spacial score (nSPS) is 25.6. The van der Waals surface area contributed by atoms with Crippen molar-refractivity contribution in [2.45, 2.75) is 62.8 Å². The number of carboxylic acids is 1. The molecule has 0 spiro atoms. The number of carboxylic acid groups (broad SMARTS) is 1. The molecule has 8 unspecified atom stereocenters. The van der Waals surface area contributed by atoms with Gasteiger partial charge in [-0.1, -0.05) is 6.07 Å². The third-order valence-corrected chi connectivity index (χ3v) is 9.39. The second-order valence-electron chi connectivity index (χ2n) is 12.5. The number of aliphatic hydroxyl groups excluding tert-OH is 5. The maximum Gasteiger partial charge on any atom is 0.328 e. The number of ketones is 2. The summed E-state index contributed by atoms with van der Waals surface area (Å²) in [6, 6.07) is 2.76. The Morgan fingerprint density at radius 2 is 1.49 bits per heavy atom. The number of nitrogens with one attached hydrogen (secondary N) is 1. The minimum absolute atomic E-state index is 0.0134. The molecule has 3 aromatic rings. The second kappa shape index (κ2) is 12.9. The van der Waals surface area contributed by atoms with Gasteiger partial charge in [0.1, 0.15) is 53.5 Å². The molecule has 1 heterocycles. The monoisotopic (exact) mass is 711 g/mol. The van der Waals surface area contributed by atoms with Gasteiger partial charge < -0.3 is 65.5 Å². The number of phenolic OH excluding ortho intramolecular Hbond substituents is 3. The van der Waals surface area contributed by atoms with Crippen molar-refractivity contribution in [2.75, 3.05) is 13.7 Å². The first kappa shape index (κ1) is 35.7. The number of amides is 1. The maximum absolute atomic E-state index is 13.9. The summed E-state index contributed by atoms with van der Waals surface area (Å²) >= 11 is 0. The van der Waals surface area contributed by atoms with E-state index in [0.29, 0.717) is 0 Å². The molecule has 17 nitrogen and oxygen atoms in total. The standard InChI is InChI=1S/C34H33NO16/c1-9-4-15-21(27(42)18(9)32(46)35-16(8-36)33(47)48)20-13(26(41)31(15)51-34-30(45)29(44)23(38)10(2)50-34)7-14-22(28(20)43)25(40)12-5-11(49-3)6-17(37)19(12)24(14)39/h4-7,10,16,23,26,29-31,34,36-38,41-45H,8H2,1-3H3,(H,35,46)(H,47,48). The second-order valence-corrected chi connectivity index (χ2v) is 12.5. The van der Waals surface area contributed by atoms with Crippen molar-refractivity contribution in [2.24, 2.45) is 0 Å². The van der Waals surface area contributed by atoms with Gasteiger partial charge in [0.05, 0.1) is 36.5 Å². The lowest BCUT2D eigenvalue weighted by molar-refractivity contribution is -0.312. The molecule has 8 atom stereocenters. The summed E-state index contributed by atoms with van der Waals surface area (Å²) < 4.78 is 16.7. The number of hydrogen-bond acceptors (Lipinski definition) is 15. The smallest absolute Gasteiger partial charge is 0.328 e. The zero-order valence-corrected chi connectivity index (χ0v) is 27.0. The molecular formula is C34H33NO16. The van der Waals surface area contributed by atoms with Crippen molar-refractivity contribution in [1.82, 2.24) is 5.32 Å². The zero-order chi connectivity index (χ0) is 37.4. The van der Waals surface area contributed by atoms with Gasteiger partial charge >= 0.3 is 5.97 Å². The first-order valence-electron chi connectivity index (χ1n) is 15.5. The van der Waals surface area contributed by atoms with E-state index >= 15 is 0 Å². The van der Waals surface area contributed by atoms with Crippen molar-refractivity contribution < 1.29 is 79.3 Å². The highest BCUT2D eigenvalue weighted by molar-refractivity contribution is 6.31. The fraction of sp³-hybridized carbons (Fsp3) is 0.353. The number of ether oxygens (including phenoxy) is 3. The number of aryl methyl sites for hydroxylation is 1. The number of aromatic hydroxyl groups is 3. The van der Waals surface area contributed by atoms with Crippen molar-refractivity contribution in [3.05, 3.63) is 68.8 Å². The number of rotatable bonds is 7. The van der Waals surface area contributed by atoms with Crippen molar-refractivity contribution in [3.8, 4) is 34.1 Å². The van der Waals surface area contributed by atoms with E-state index in [1.807, 2.05) is 0 Å². The number of carbonyl (C=O) groups excluding carboxylic acids is 3. The molecule has 2 aliphatic carbocycles. The Morgan fingerprint density at radius 1 is 0.863 bits per heavy atom. The van der Waals surface area contributed by atoms with Crippen LogP contribution in [0.2, 0.25) is 0 Å². The molecule has 1 amide bonds. The zero-order valence-electron chi connectivity index (χ0n) is 27.0. The Labute approximate surface area is 287 Å². The number of benzene rings is 3. The minimum atomic E-state index is -1.88. The molecule has 270 valence electrons. The molecule has 0 aromatic heterocycles. The summed E-state index contributed by atoms with van der Waals surface area (Å²) in [7, 11) is 1.26. The van der Waals surface area contributed by atoms with E-state index in [2.05, 4.69) is 5.32 Å². The average molecular weight is 712 g/mol. The third kappa shape index (κ3) is 5.46. The van der Waals surface area contributed by atoms with Crippen LogP contribution in [-0.4, -0.2) is 120 Å². The molecule has 3 aliphatic rings. The van der Waals surface area contributed by atoms with Crippen LogP contribution in [0, 0.1) is 6.92 Å². The topological polar surface area (TPSA) is 290 Å². The van der Waals surface area contributed by atoms with Crippen LogP contribution in [-0.2, 0) is 14.3 Å². The highest BCUT2D eigenvalue weighted by Crippen LogP contribution is 2.57. The van der Waals surface area contributed by atoms with E-state index in [0.717, 1.165) is 12.1 Å². The van der Waals surface area contributed by atoms with Gasteiger partial charge in [-0.3, -0.25) is 14.4 Å². The Balaban J connectivity index is 1.59. The summed E-state index contributed by atoms with van der Waals surface area (Å²) in [6.45, 7) is 1.71. The van der Waals surface area contributed by atoms with Gasteiger partial charge in [0.25, 0.3) is 5.91 Å². The largest absolute Gasteiger partial charge is 0.507 e. The molecular weight excluding hydrogens is 678 g/mol. The van der Waals surface area contributed by atoms with Crippen LogP contribution < -0.4 is 10.1 Å². The summed E-state index contributed by atoms with van der Waals surface area (Å²) in [5.41, 5.74) is -3.64. The Bertz CT molecular complexity index is 2010. The molecule has 1 fully saturated rings. The first-order chi connectivity index (χ1) is 24.0. The van der Waals surface area contributed by atoms with E-state index in [4.69, 9.17) is 14.2 Å². The van der Waals surface area contributed by atoms with Gasteiger partial charge in [-0.05, 0) is 42.7 Å². The number of aliphatic hydroxyl groups is 5. The Hall–Kier alpha value is -5.14. The van der Waals surface area contributed by atoms with Gasteiger partial charge in [0.2, 0.25) is 0 Å². The van der Waals surface area contributed by atoms with E-state index in [-0.39, 0.29) is 28.0 Å². The summed E-state index contributed by atoms with van der Waals surface area (Å²) in [5.74, 6) is -7.05. The Morgan fingerprint density at radius 3 is 2.12 bits per heavy atom. The van der Waals surface area contributed by atoms with Gasteiger partial charge in [0, 0.05) is 28.3 Å². The van der Waals surface area contributed by atoms with Crippen LogP contribution in [0.15, 0.2) is 24.3 Å². The Kier molecular flexibility index (Phi) is 9.01. The van der Waals surface area contributed by atoms with Gasteiger partial charge in [0.15, 0.2) is 23.9 Å². The van der Waals surface area contributed by atoms with E-state index in [1.54, 1.807) is 0 Å². The lowest BCUT2D eigenvalue weighted by atomic mass is 9.74. The number of methoxy groups -OCH3 is 1. The van der Waals surface area contributed by atoms with Crippen molar-refractivity contribution in [3.63, 3.8) is 0 Å². The number of fused-ring (bicyclic) bond motifs is 5. The van der Waals surface area contributed by atoms with Crippen LogP contribution >= 0.6 is 0 Å². The molecule has 17 heteroatoms. The van der Waals surface area contributed by atoms with Crippen molar-refractivity contribution in [1.29, 1.82) is 0 Å². The van der Waals surface area contributed by atoms with Crippen molar-refractivity contribution >= 4 is 23.4 Å². The van der Waals surface area contributed by atoms with E-state index in [9.17, 15) is 65.1 Å². The molecule has 51 heavy (non-hydrogen) atoms.